The summed E-state index contributed by atoms with van der Waals surface area (Å²) >= 11 is 0. The second-order valence-corrected chi connectivity index (χ2v) is 18.7. The van der Waals surface area contributed by atoms with Crippen molar-refractivity contribution in [2.45, 2.75) is 192 Å². The van der Waals surface area contributed by atoms with Crippen molar-refractivity contribution in [3.8, 4) is 0 Å². The summed E-state index contributed by atoms with van der Waals surface area (Å²) in [6.45, 7) is 15.1. The molecule has 0 nitrogen and oxygen atoms in total. The molecule has 0 aliphatic carbocycles. The molecule has 202 valence electrons. The standard InChI is InChI=1S/C32H64P2/c1-7-11-15-21-31(22-16-12-8-2)25-19-27-33(31)29(5)30(6)34-28-20-26-32(34,23-17-13-9-3)24-18-14-10-4/h29-30H,7-28H2,1-6H3. The minimum atomic E-state index is 0.200. The summed E-state index contributed by atoms with van der Waals surface area (Å²) in [5, 5.41) is 1.52. The van der Waals surface area contributed by atoms with Crippen LogP contribution < -0.4 is 0 Å². The number of hydrogen-bond acceptors (Lipinski definition) is 0. The van der Waals surface area contributed by atoms with E-state index in [0.29, 0.717) is 0 Å². The first-order valence-corrected chi connectivity index (χ1v) is 19.2. The van der Waals surface area contributed by atoms with E-state index in [1.807, 2.05) is 0 Å². The smallest absolute Gasteiger partial charge is 0.00917 e. The molecule has 0 aromatic carbocycles. The topological polar surface area (TPSA) is 0 Å². The van der Waals surface area contributed by atoms with E-state index in [0.717, 1.165) is 21.6 Å². The molecule has 2 fully saturated rings. The molecule has 0 radical (unpaired) electrons. The van der Waals surface area contributed by atoms with Crippen LogP contribution >= 0.6 is 15.8 Å². The summed E-state index contributed by atoms with van der Waals surface area (Å²) in [6.07, 6.45) is 33.2. The minimum absolute atomic E-state index is 0.200. The highest BCUT2D eigenvalue weighted by atomic mass is 31.1. The van der Waals surface area contributed by atoms with Gasteiger partial charge in [-0.3, -0.25) is 0 Å². The predicted molar refractivity (Wildman–Crippen MR) is 163 cm³/mol. The van der Waals surface area contributed by atoms with Crippen LogP contribution in [0.4, 0.5) is 0 Å². The number of hydrogen-bond donors (Lipinski definition) is 0. The summed E-state index contributed by atoms with van der Waals surface area (Å²) < 4.78 is 0. The molecule has 0 aromatic rings. The quantitative estimate of drug-likeness (QED) is 0.120. The summed E-state index contributed by atoms with van der Waals surface area (Å²) in [5.41, 5.74) is 2.03. The van der Waals surface area contributed by atoms with Crippen molar-refractivity contribution in [3.63, 3.8) is 0 Å². The van der Waals surface area contributed by atoms with E-state index in [-0.39, 0.29) is 15.8 Å². The Morgan fingerprint density at radius 1 is 0.500 bits per heavy atom. The van der Waals surface area contributed by atoms with Gasteiger partial charge in [0.25, 0.3) is 0 Å². The van der Waals surface area contributed by atoms with Gasteiger partial charge in [0.15, 0.2) is 0 Å². The molecule has 2 aliphatic rings. The third kappa shape index (κ3) is 8.44. The Bertz CT molecular complexity index is 449. The summed E-state index contributed by atoms with van der Waals surface area (Å²) in [5.74, 6) is 0. The van der Waals surface area contributed by atoms with E-state index < -0.39 is 0 Å². The van der Waals surface area contributed by atoms with Gasteiger partial charge in [-0.25, -0.2) is 0 Å². The fourth-order valence-corrected chi connectivity index (χ4v) is 17.0. The Balaban J connectivity index is 2.19. The molecule has 0 amide bonds. The molecule has 2 heterocycles. The van der Waals surface area contributed by atoms with Gasteiger partial charge in [0.2, 0.25) is 0 Å². The molecule has 0 saturated carbocycles. The fraction of sp³-hybridized carbons (Fsp3) is 1.00. The van der Waals surface area contributed by atoms with Gasteiger partial charge in [-0.1, -0.05) is 134 Å². The maximum Gasteiger partial charge on any atom is -0.00917 e. The van der Waals surface area contributed by atoms with Crippen LogP contribution in [0.25, 0.3) is 0 Å². The lowest BCUT2D eigenvalue weighted by Crippen LogP contribution is -2.34. The molecule has 0 spiro atoms. The molecule has 0 bridgehead atoms. The van der Waals surface area contributed by atoms with E-state index in [4.69, 9.17) is 0 Å². The monoisotopic (exact) mass is 510 g/mol. The zero-order valence-corrected chi connectivity index (χ0v) is 26.4. The number of unbranched alkanes of at least 4 members (excludes halogenated alkanes) is 8. The molecule has 0 aromatic heterocycles. The second-order valence-electron chi connectivity index (χ2n) is 12.4. The first-order valence-electron chi connectivity index (χ1n) is 16.0. The molecule has 2 heteroatoms. The average molecular weight is 511 g/mol. The summed E-state index contributed by atoms with van der Waals surface area (Å²) in [6, 6.07) is 0. The molecule has 4 atom stereocenters. The van der Waals surface area contributed by atoms with Crippen molar-refractivity contribution >= 4 is 15.8 Å². The van der Waals surface area contributed by atoms with Crippen LogP contribution in [0.2, 0.25) is 0 Å². The van der Waals surface area contributed by atoms with Crippen LogP contribution in [0.1, 0.15) is 170 Å². The van der Waals surface area contributed by atoms with Gasteiger partial charge in [-0.05, 0) is 85.3 Å². The van der Waals surface area contributed by atoms with Crippen LogP contribution in [0.15, 0.2) is 0 Å². The molecule has 34 heavy (non-hydrogen) atoms. The van der Waals surface area contributed by atoms with E-state index in [1.54, 1.807) is 63.7 Å². The van der Waals surface area contributed by atoms with Crippen LogP contribution in [0, 0.1) is 0 Å². The Kier molecular flexibility index (Phi) is 15.2. The Morgan fingerprint density at radius 3 is 1.06 bits per heavy atom. The van der Waals surface area contributed by atoms with Crippen molar-refractivity contribution in [2.24, 2.45) is 0 Å². The third-order valence-electron chi connectivity index (χ3n) is 9.96. The van der Waals surface area contributed by atoms with Gasteiger partial charge in [-0.15, -0.1) is 0 Å². The van der Waals surface area contributed by atoms with Gasteiger partial charge in [0.05, 0.1) is 0 Å². The first-order chi connectivity index (χ1) is 16.5. The lowest BCUT2D eigenvalue weighted by atomic mass is 9.90. The zero-order valence-electron chi connectivity index (χ0n) is 24.6. The van der Waals surface area contributed by atoms with Crippen LogP contribution in [-0.4, -0.2) is 34.0 Å². The van der Waals surface area contributed by atoms with E-state index in [1.165, 1.54) is 77.0 Å². The maximum atomic E-state index is 2.78. The maximum absolute atomic E-state index is 2.78. The normalized spacial score (nSPS) is 25.6. The Morgan fingerprint density at radius 2 is 0.794 bits per heavy atom. The summed E-state index contributed by atoms with van der Waals surface area (Å²) in [4.78, 5) is 0. The van der Waals surface area contributed by atoms with Crippen molar-refractivity contribution in [1.29, 1.82) is 0 Å². The van der Waals surface area contributed by atoms with Crippen LogP contribution in [0.3, 0.4) is 0 Å². The van der Waals surface area contributed by atoms with Crippen LogP contribution in [-0.2, 0) is 0 Å². The molecule has 2 rings (SSSR count). The van der Waals surface area contributed by atoms with Gasteiger partial charge in [-0.2, -0.15) is 0 Å². The van der Waals surface area contributed by atoms with E-state index >= 15 is 0 Å². The van der Waals surface area contributed by atoms with Gasteiger partial charge in [0, 0.05) is 0 Å². The fourth-order valence-electron chi connectivity index (χ4n) is 7.85. The minimum Gasteiger partial charge on any atom is -0.0968 e. The lowest BCUT2D eigenvalue weighted by molar-refractivity contribution is 0.429. The van der Waals surface area contributed by atoms with Crippen molar-refractivity contribution < 1.29 is 0 Å². The van der Waals surface area contributed by atoms with Gasteiger partial charge < -0.3 is 0 Å². The highest BCUT2D eigenvalue weighted by Gasteiger charge is 2.49. The zero-order chi connectivity index (χ0) is 24.9. The van der Waals surface area contributed by atoms with Crippen molar-refractivity contribution in [1.82, 2.24) is 0 Å². The molecular formula is C32H64P2. The van der Waals surface area contributed by atoms with Crippen molar-refractivity contribution in [2.75, 3.05) is 12.3 Å². The highest BCUT2D eigenvalue weighted by molar-refractivity contribution is 7.64. The second kappa shape index (κ2) is 16.7. The SMILES string of the molecule is CCCCCC1(CCCCC)CCCP1C(C)C(C)P1CCCC1(CCCCC)CCCCC. The van der Waals surface area contributed by atoms with Crippen molar-refractivity contribution in [3.05, 3.63) is 0 Å². The highest BCUT2D eigenvalue weighted by Crippen LogP contribution is 2.72. The van der Waals surface area contributed by atoms with E-state index in [9.17, 15) is 0 Å². The summed E-state index contributed by atoms with van der Waals surface area (Å²) in [7, 11) is 0.400. The molecule has 2 aliphatic heterocycles. The molecule has 0 N–H and O–H groups in total. The van der Waals surface area contributed by atoms with Gasteiger partial charge in [0.1, 0.15) is 0 Å². The number of rotatable bonds is 19. The third-order valence-corrected chi connectivity index (χ3v) is 18.4. The van der Waals surface area contributed by atoms with Crippen LogP contribution in [0.5, 0.6) is 0 Å². The first kappa shape index (κ1) is 31.1. The molecular weight excluding hydrogens is 446 g/mol. The predicted octanol–water partition coefficient (Wildman–Crippen LogP) is 12.1. The van der Waals surface area contributed by atoms with E-state index in [2.05, 4.69) is 41.5 Å². The lowest BCUT2D eigenvalue weighted by Gasteiger charge is -2.47. The van der Waals surface area contributed by atoms with Gasteiger partial charge >= 0.3 is 0 Å². The largest absolute Gasteiger partial charge is 0.0968 e. The molecule has 2 saturated heterocycles. The molecule has 4 unspecified atom stereocenters. The average Bonchev–Trinajstić information content (AvgIpc) is 3.44. The Hall–Kier alpha value is 0.860. The Labute approximate surface area is 219 Å².